The van der Waals surface area contributed by atoms with E-state index in [0.717, 1.165) is 23.6 Å². The van der Waals surface area contributed by atoms with E-state index in [4.69, 9.17) is 4.42 Å². The second kappa shape index (κ2) is 6.30. The molecule has 1 heterocycles. The Kier molecular flexibility index (Phi) is 4.72. The van der Waals surface area contributed by atoms with Gasteiger partial charge in [-0.25, -0.2) is 0 Å². The molecule has 18 heavy (non-hydrogen) atoms. The highest BCUT2D eigenvalue weighted by Gasteiger charge is 2.11. The zero-order valence-corrected chi connectivity index (χ0v) is 12.1. The molecule has 0 saturated heterocycles. The first-order valence-electron chi connectivity index (χ1n) is 6.50. The maximum Gasteiger partial charge on any atom is 0.134 e. The second-order valence-electron chi connectivity index (χ2n) is 4.57. The minimum Gasteiger partial charge on any atom is -0.461 e. The van der Waals surface area contributed by atoms with Crippen LogP contribution in [0.2, 0.25) is 0 Å². The minimum absolute atomic E-state index is 0.531. The highest BCUT2D eigenvalue weighted by molar-refractivity contribution is 7.99. The molecule has 0 bridgehead atoms. The van der Waals surface area contributed by atoms with Gasteiger partial charge in [-0.05, 0) is 25.7 Å². The number of aryl methyl sites for hydroxylation is 1. The van der Waals surface area contributed by atoms with Gasteiger partial charge in [0.2, 0.25) is 0 Å². The number of rotatable bonds is 6. The first-order valence-corrected chi connectivity index (χ1v) is 7.66. The first kappa shape index (κ1) is 13.5. The zero-order chi connectivity index (χ0) is 13.0. The Balaban J connectivity index is 2.05. The van der Waals surface area contributed by atoms with Crippen molar-refractivity contribution in [2.45, 2.75) is 33.4 Å². The summed E-state index contributed by atoms with van der Waals surface area (Å²) in [5.74, 6) is 3.37. The fraction of sp³-hybridized carbons (Fsp3) is 0.467. The number of fused-ring (bicyclic) bond motifs is 1. The lowest BCUT2D eigenvalue weighted by Gasteiger charge is -2.12. The van der Waals surface area contributed by atoms with Gasteiger partial charge in [0.05, 0.1) is 0 Å². The second-order valence-corrected chi connectivity index (χ2v) is 5.89. The fourth-order valence-electron chi connectivity index (χ4n) is 2.07. The van der Waals surface area contributed by atoms with Crippen LogP contribution in [0.1, 0.15) is 25.2 Å². The van der Waals surface area contributed by atoms with Crippen molar-refractivity contribution >= 4 is 22.7 Å². The molecule has 1 atom stereocenters. The smallest absolute Gasteiger partial charge is 0.134 e. The summed E-state index contributed by atoms with van der Waals surface area (Å²) < 4.78 is 5.77. The Hall–Kier alpha value is -0.930. The third kappa shape index (κ3) is 3.09. The van der Waals surface area contributed by atoms with Crippen molar-refractivity contribution in [2.24, 2.45) is 0 Å². The fourth-order valence-corrected chi connectivity index (χ4v) is 2.78. The number of para-hydroxylation sites is 1. The van der Waals surface area contributed by atoms with Crippen LogP contribution in [-0.4, -0.2) is 17.5 Å². The van der Waals surface area contributed by atoms with E-state index in [-0.39, 0.29) is 0 Å². The van der Waals surface area contributed by atoms with E-state index < -0.39 is 0 Å². The van der Waals surface area contributed by atoms with Crippen molar-refractivity contribution in [1.29, 1.82) is 0 Å². The van der Waals surface area contributed by atoms with E-state index in [1.165, 1.54) is 16.7 Å². The van der Waals surface area contributed by atoms with Crippen molar-refractivity contribution in [3.05, 3.63) is 35.6 Å². The first-order chi connectivity index (χ1) is 8.72. The Bertz CT molecular complexity index is 506. The summed E-state index contributed by atoms with van der Waals surface area (Å²) in [6.45, 7) is 7.36. The molecular weight excluding hydrogens is 242 g/mol. The summed E-state index contributed by atoms with van der Waals surface area (Å²) in [6, 6.07) is 8.78. The lowest BCUT2D eigenvalue weighted by molar-refractivity contribution is 0.552. The monoisotopic (exact) mass is 263 g/mol. The molecular formula is C15H21NOS. The van der Waals surface area contributed by atoms with E-state index in [2.05, 4.69) is 31.3 Å². The standard InChI is InChI=1S/C15H21NOS/c1-4-18-10-11(2)16-9-14-12(3)17-15-8-6-5-7-13(14)15/h5-8,11,16H,4,9-10H2,1-3H3. The van der Waals surface area contributed by atoms with Crippen molar-refractivity contribution < 1.29 is 4.42 Å². The molecule has 1 N–H and O–H groups in total. The third-order valence-electron chi connectivity index (χ3n) is 3.10. The number of benzene rings is 1. The van der Waals surface area contributed by atoms with E-state index >= 15 is 0 Å². The van der Waals surface area contributed by atoms with Crippen molar-refractivity contribution in [3.63, 3.8) is 0 Å². The normalized spacial score (nSPS) is 13.1. The molecule has 1 unspecified atom stereocenters. The summed E-state index contributed by atoms with van der Waals surface area (Å²) in [7, 11) is 0. The van der Waals surface area contributed by atoms with Crippen LogP contribution in [0.3, 0.4) is 0 Å². The number of nitrogens with one attached hydrogen (secondary N) is 1. The van der Waals surface area contributed by atoms with Crippen molar-refractivity contribution in [1.82, 2.24) is 5.32 Å². The SMILES string of the molecule is CCSCC(C)NCc1c(C)oc2ccccc12. The quantitative estimate of drug-likeness (QED) is 0.853. The van der Waals surface area contributed by atoms with E-state index in [1.807, 2.05) is 30.8 Å². The summed E-state index contributed by atoms with van der Waals surface area (Å²) in [6.07, 6.45) is 0. The average Bonchev–Trinajstić information content (AvgIpc) is 2.69. The predicted octanol–water partition coefficient (Wildman–Crippen LogP) is 3.97. The number of hydrogen-bond donors (Lipinski definition) is 1. The van der Waals surface area contributed by atoms with Crippen LogP contribution in [0.5, 0.6) is 0 Å². The van der Waals surface area contributed by atoms with Gasteiger partial charge in [-0.2, -0.15) is 11.8 Å². The Morgan fingerprint density at radius 2 is 2.11 bits per heavy atom. The van der Waals surface area contributed by atoms with Crippen LogP contribution in [0, 0.1) is 6.92 Å². The van der Waals surface area contributed by atoms with Gasteiger partial charge in [-0.15, -0.1) is 0 Å². The van der Waals surface area contributed by atoms with Gasteiger partial charge in [-0.1, -0.05) is 25.1 Å². The van der Waals surface area contributed by atoms with E-state index in [1.54, 1.807) is 0 Å². The molecule has 0 amide bonds. The predicted molar refractivity (Wildman–Crippen MR) is 80.3 cm³/mol. The number of thioether (sulfide) groups is 1. The zero-order valence-electron chi connectivity index (χ0n) is 11.3. The van der Waals surface area contributed by atoms with Crippen LogP contribution in [-0.2, 0) is 6.54 Å². The molecule has 0 saturated carbocycles. The maximum atomic E-state index is 5.77. The lowest BCUT2D eigenvalue weighted by Crippen LogP contribution is -2.27. The van der Waals surface area contributed by atoms with Crippen LogP contribution >= 0.6 is 11.8 Å². The van der Waals surface area contributed by atoms with Gasteiger partial charge in [-0.3, -0.25) is 0 Å². The summed E-state index contributed by atoms with van der Waals surface area (Å²) in [4.78, 5) is 0. The van der Waals surface area contributed by atoms with Gasteiger partial charge in [0, 0.05) is 29.3 Å². The molecule has 2 aromatic rings. The number of hydrogen-bond acceptors (Lipinski definition) is 3. The third-order valence-corrected chi connectivity index (χ3v) is 4.24. The van der Waals surface area contributed by atoms with Gasteiger partial charge in [0.1, 0.15) is 11.3 Å². The molecule has 1 aromatic heterocycles. The lowest BCUT2D eigenvalue weighted by atomic mass is 10.1. The van der Waals surface area contributed by atoms with E-state index in [9.17, 15) is 0 Å². The molecule has 0 spiro atoms. The van der Waals surface area contributed by atoms with Gasteiger partial charge in [0.25, 0.3) is 0 Å². The van der Waals surface area contributed by atoms with Crippen molar-refractivity contribution in [3.8, 4) is 0 Å². The molecule has 0 fully saturated rings. The van der Waals surface area contributed by atoms with Gasteiger partial charge >= 0.3 is 0 Å². The van der Waals surface area contributed by atoms with E-state index in [0.29, 0.717) is 6.04 Å². The molecule has 0 radical (unpaired) electrons. The minimum atomic E-state index is 0.531. The molecule has 98 valence electrons. The van der Waals surface area contributed by atoms with Crippen LogP contribution in [0.25, 0.3) is 11.0 Å². The van der Waals surface area contributed by atoms with Crippen LogP contribution in [0.15, 0.2) is 28.7 Å². The summed E-state index contributed by atoms with van der Waals surface area (Å²) >= 11 is 1.98. The molecule has 1 aromatic carbocycles. The van der Waals surface area contributed by atoms with Gasteiger partial charge in [0.15, 0.2) is 0 Å². The molecule has 0 aliphatic carbocycles. The molecule has 2 nitrogen and oxygen atoms in total. The molecule has 0 aliphatic heterocycles. The molecule has 3 heteroatoms. The largest absolute Gasteiger partial charge is 0.461 e. The Labute approximate surface area is 113 Å². The van der Waals surface area contributed by atoms with Crippen LogP contribution < -0.4 is 5.32 Å². The Morgan fingerprint density at radius 3 is 2.89 bits per heavy atom. The summed E-state index contributed by atoms with van der Waals surface area (Å²) in [5, 5.41) is 4.81. The van der Waals surface area contributed by atoms with Crippen molar-refractivity contribution in [2.75, 3.05) is 11.5 Å². The molecule has 2 rings (SSSR count). The average molecular weight is 263 g/mol. The highest BCUT2D eigenvalue weighted by Crippen LogP contribution is 2.25. The highest BCUT2D eigenvalue weighted by atomic mass is 32.2. The summed E-state index contributed by atoms with van der Waals surface area (Å²) in [5.41, 5.74) is 2.28. The Morgan fingerprint density at radius 1 is 1.33 bits per heavy atom. The maximum absolute atomic E-state index is 5.77. The number of furan rings is 1. The van der Waals surface area contributed by atoms with Crippen LogP contribution in [0.4, 0.5) is 0 Å². The topological polar surface area (TPSA) is 25.2 Å². The molecule has 0 aliphatic rings. The van der Waals surface area contributed by atoms with Gasteiger partial charge < -0.3 is 9.73 Å².